The molecule has 1 aliphatic heterocycles. The second-order valence-corrected chi connectivity index (χ2v) is 7.79. The first kappa shape index (κ1) is 17.1. The Morgan fingerprint density at radius 2 is 2.00 bits per heavy atom. The monoisotopic (exact) mass is 350 g/mol. The molecule has 0 radical (unpaired) electrons. The van der Waals surface area contributed by atoms with Gasteiger partial charge in [0.05, 0.1) is 12.6 Å². The topological polar surface area (TPSA) is 71.9 Å². The van der Waals surface area contributed by atoms with Gasteiger partial charge in [-0.1, -0.05) is 18.2 Å². The van der Waals surface area contributed by atoms with E-state index in [0.29, 0.717) is 12.5 Å². The summed E-state index contributed by atoms with van der Waals surface area (Å²) in [6, 6.07) is 10.8. The lowest BCUT2D eigenvalue weighted by molar-refractivity contribution is -0.123. The van der Waals surface area contributed by atoms with Gasteiger partial charge in [-0.2, -0.15) is 5.26 Å². The number of hydrogen-bond donors (Lipinski definition) is 2. The predicted molar refractivity (Wildman–Crippen MR) is 102 cm³/mol. The van der Waals surface area contributed by atoms with Crippen LogP contribution in [0.3, 0.4) is 0 Å². The van der Waals surface area contributed by atoms with Crippen molar-refractivity contribution >= 4 is 16.8 Å². The molecule has 1 aromatic heterocycles. The number of aromatic amines is 1. The van der Waals surface area contributed by atoms with E-state index in [1.165, 1.54) is 16.5 Å². The third kappa shape index (κ3) is 3.34. The van der Waals surface area contributed by atoms with Crippen molar-refractivity contribution in [2.24, 2.45) is 0 Å². The number of carbonyl (C=O) groups excluding carboxylic acids is 1. The molecule has 1 saturated carbocycles. The first-order chi connectivity index (χ1) is 12.7. The van der Waals surface area contributed by atoms with Crippen molar-refractivity contribution in [3.8, 4) is 6.07 Å². The number of piperidine rings is 1. The van der Waals surface area contributed by atoms with Crippen molar-refractivity contribution in [1.29, 1.82) is 5.26 Å². The first-order valence-electron chi connectivity index (χ1n) is 9.70. The molecule has 1 amide bonds. The fraction of sp³-hybridized carbons (Fsp3) is 0.524. The van der Waals surface area contributed by atoms with Crippen LogP contribution in [0.15, 0.2) is 30.5 Å². The molecule has 1 saturated heterocycles. The van der Waals surface area contributed by atoms with Crippen LogP contribution < -0.4 is 5.32 Å². The van der Waals surface area contributed by atoms with Gasteiger partial charge in [-0.15, -0.1) is 0 Å². The lowest BCUT2D eigenvalue weighted by Crippen LogP contribution is -2.50. The molecular weight excluding hydrogens is 324 g/mol. The first-order valence-corrected chi connectivity index (χ1v) is 9.70. The molecule has 0 atom stereocenters. The minimum Gasteiger partial charge on any atom is -0.361 e. The van der Waals surface area contributed by atoms with E-state index in [4.69, 9.17) is 0 Å². The molecule has 0 unspecified atom stereocenters. The van der Waals surface area contributed by atoms with Gasteiger partial charge in [0.2, 0.25) is 5.91 Å². The molecule has 2 aromatic rings. The highest BCUT2D eigenvalue weighted by Crippen LogP contribution is 2.33. The molecule has 2 fully saturated rings. The van der Waals surface area contributed by atoms with Gasteiger partial charge >= 0.3 is 0 Å². The Kier molecular flexibility index (Phi) is 4.69. The Hall–Kier alpha value is -2.32. The summed E-state index contributed by atoms with van der Waals surface area (Å²) in [5.74, 6) is 0.546. The number of fused-ring (bicyclic) bond motifs is 1. The van der Waals surface area contributed by atoms with E-state index in [-0.39, 0.29) is 5.91 Å². The summed E-state index contributed by atoms with van der Waals surface area (Å²) in [5, 5.41) is 13.7. The van der Waals surface area contributed by atoms with Crippen LogP contribution in [0, 0.1) is 11.3 Å². The number of hydrogen-bond acceptors (Lipinski definition) is 3. The number of amides is 1. The van der Waals surface area contributed by atoms with E-state index in [1.807, 2.05) is 0 Å². The van der Waals surface area contributed by atoms with Crippen LogP contribution >= 0.6 is 0 Å². The SMILES string of the molecule is N#CC1(NC(=O)CN2CCC(c3c[nH]c4ccccc34)CC2)CCCC1. The zero-order chi connectivity index (χ0) is 18.0. The molecule has 5 nitrogen and oxygen atoms in total. The maximum atomic E-state index is 12.4. The highest BCUT2D eigenvalue weighted by atomic mass is 16.2. The largest absolute Gasteiger partial charge is 0.361 e. The van der Waals surface area contributed by atoms with Crippen molar-refractivity contribution in [3.63, 3.8) is 0 Å². The summed E-state index contributed by atoms with van der Waals surface area (Å²) in [5.41, 5.74) is 1.99. The average molecular weight is 350 g/mol. The minimum absolute atomic E-state index is 0.000931. The van der Waals surface area contributed by atoms with Crippen LogP contribution in [0.5, 0.6) is 0 Å². The molecule has 26 heavy (non-hydrogen) atoms. The van der Waals surface area contributed by atoms with Crippen LogP contribution in [0.4, 0.5) is 0 Å². The van der Waals surface area contributed by atoms with Crippen molar-refractivity contribution in [2.45, 2.75) is 50.0 Å². The van der Waals surface area contributed by atoms with E-state index in [2.05, 4.69) is 51.7 Å². The summed E-state index contributed by atoms with van der Waals surface area (Å²) < 4.78 is 0. The van der Waals surface area contributed by atoms with Gasteiger partial charge in [0, 0.05) is 17.1 Å². The van der Waals surface area contributed by atoms with E-state index < -0.39 is 5.54 Å². The fourth-order valence-electron chi connectivity index (χ4n) is 4.59. The quantitative estimate of drug-likeness (QED) is 0.889. The number of likely N-dealkylation sites (tertiary alicyclic amines) is 1. The highest BCUT2D eigenvalue weighted by Gasteiger charge is 2.35. The van der Waals surface area contributed by atoms with Crippen LogP contribution in [0.1, 0.15) is 50.0 Å². The lowest BCUT2D eigenvalue weighted by atomic mass is 9.89. The highest BCUT2D eigenvalue weighted by molar-refractivity contribution is 5.83. The van der Waals surface area contributed by atoms with Gasteiger partial charge in [-0.25, -0.2) is 0 Å². The number of nitrogens with zero attached hydrogens (tertiary/aromatic N) is 2. The third-order valence-corrected chi connectivity index (χ3v) is 6.07. The second-order valence-electron chi connectivity index (χ2n) is 7.79. The molecular formula is C21H26N4O. The average Bonchev–Trinajstić information content (AvgIpc) is 3.30. The van der Waals surface area contributed by atoms with Crippen molar-refractivity contribution in [1.82, 2.24) is 15.2 Å². The van der Waals surface area contributed by atoms with Crippen LogP contribution in [-0.2, 0) is 4.79 Å². The molecule has 1 aliphatic carbocycles. The molecule has 4 rings (SSSR count). The van der Waals surface area contributed by atoms with Gasteiger partial charge in [0.15, 0.2) is 0 Å². The number of nitriles is 1. The van der Waals surface area contributed by atoms with Gasteiger partial charge in [-0.3, -0.25) is 9.69 Å². The standard InChI is InChI=1S/C21H26N4O/c22-15-21(9-3-4-10-21)24-20(26)14-25-11-7-16(8-12-25)18-13-23-19-6-2-1-5-17(18)19/h1-2,5-6,13,16,23H,3-4,7-12,14H2,(H,24,26). The number of aromatic nitrogens is 1. The van der Waals surface area contributed by atoms with Gasteiger partial charge in [0.1, 0.15) is 5.54 Å². The number of nitrogens with one attached hydrogen (secondary N) is 2. The van der Waals surface area contributed by atoms with E-state index in [0.717, 1.165) is 51.6 Å². The molecule has 2 N–H and O–H groups in total. The summed E-state index contributed by atoms with van der Waals surface area (Å²) in [4.78, 5) is 18.0. The molecule has 1 aromatic carbocycles. The second kappa shape index (κ2) is 7.13. The lowest BCUT2D eigenvalue weighted by Gasteiger charge is -2.32. The molecule has 0 spiro atoms. The summed E-state index contributed by atoms with van der Waals surface area (Å²) in [6.07, 6.45) is 7.93. The molecule has 2 heterocycles. The Balaban J connectivity index is 1.32. The molecule has 2 aliphatic rings. The smallest absolute Gasteiger partial charge is 0.235 e. The number of benzene rings is 1. The Bertz CT molecular complexity index is 820. The normalized spacial score (nSPS) is 20.9. The van der Waals surface area contributed by atoms with E-state index >= 15 is 0 Å². The Morgan fingerprint density at radius 3 is 2.73 bits per heavy atom. The number of para-hydroxylation sites is 1. The van der Waals surface area contributed by atoms with Crippen molar-refractivity contribution in [2.75, 3.05) is 19.6 Å². The van der Waals surface area contributed by atoms with Crippen molar-refractivity contribution in [3.05, 3.63) is 36.0 Å². The van der Waals surface area contributed by atoms with Gasteiger partial charge in [0.25, 0.3) is 0 Å². The van der Waals surface area contributed by atoms with Crippen molar-refractivity contribution < 1.29 is 4.79 Å². The molecule has 136 valence electrons. The third-order valence-electron chi connectivity index (χ3n) is 6.07. The van der Waals surface area contributed by atoms with Crippen LogP contribution in [0.25, 0.3) is 10.9 Å². The summed E-state index contributed by atoms with van der Waals surface area (Å²) in [7, 11) is 0. The van der Waals surface area contributed by atoms with E-state index in [9.17, 15) is 10.1 Å². The molecule has 0 bridgehead atoms. The van der Waals surface area contributed by atoms with Gasteiger partial charge < -0.3 is 10.3 Å². The minimum atomic E-state index is -0.612. The van der Waals surface area contributed by atoms with Crippen LogP contribution in [-0.4, -0.2) is 41.0 Å². The summed E-state index contributed by atoms with van der Waals surface area (Å²) >= 11 is 0. The Morgan fingerprint density at radius 1 is 1.27 bits per heavy atom. The predicted octanol–water partition coefficient (Wildman–Crippen LogP) is 3.30. The zero-order valence-corrected chi connectivity index (χ0v) is 15.1. The Labute approximate surface area is 154 Å². The number of H-pyrrole nitrogens is 1. The zero-order valence-electron chi connectivity index (χ0n) is 15.1. The van der Waals surface area contributed by atoms with Gasteiger partial charge in [-0.05, 0) is 69.2 Å². The maximum Gasteiger partial charge on any atom is 0.235 e. The number of carbonyl (C=O) groups is 1. The molecule has 5 heteroatoms. The van der Waals surface area contributed by atoms with Crippen LogP contribution in [0.2, 0.25) is 0 Å². The maximum absolute atomic E-state index is 12.4. The summed E-state index contributed by atoms with van der Waals surface area (Å²) in [6.45, 7) is 2.26. The fourth-order valence-corrected chi connectivity index (χ4v) is 4.59. The van der Waals surface area contributed by atoms with E-state index in [1.54, 1.807) is 0 Å². The number of rotatable bonds is 4.